The van der Waals surface area contributed by atoms with Crippen molar-refractivity contribution < 1.29 is 9.47 Å². The van der Waals surface area contributed by atoms with E-state index >= 15 is 0 Å². The quantitative estimate of drug-likeness (QED) is 0.619. The molecule has 0 unspecified atom stereocenters. The Morgan fingerprint density at radius 3 is 2.54 bits per heavy atom. The lowest BCUT2D eigenvalue weighted by molar-refractivity contribution is 0.405. The second-order valence-electron chi connectivity index (χ2n) is 7.08. The minimum atomic E-state index is 0.464. The number of methoxy groups -OCH3 is 2. The third-order valence-electron chi connectivity index (χ3n) is 5.20. The molecule has 146 valence electrons. The van der Waals surface area contributed by atoms with Crippen LogP contribution >= 0.6 is 0 Å². The lowest BCUT2D eigenvalue weighted by Crippen LogP contribution is -2.23. The van der Waals surface area contributed by atoms with Gasteiger partial charge < -0.3 is 20.1 Å². The van der Waals surface area contributed by atoms with E-state index in [1.807, 2.05) is 36.4 Å². The number of para-hydroxylation sites is 1. The molecular formula is C22H26N4O2. The largest absolute Gasteiger partial charge is 0.497 e. The number of nitrogens with zero attached hydrogens (tertiary/aromatic N) is 2. The van der Waals surface area contributed by atoms with Gasteiger partial charge in [-0.05, 0) is 37.1 Å². The van der Waals surface area contributed by atoms with E-state index < -0.39 is 0 Å². The van der Waals surface area contributed by atoms with Gasteiger partial charge in [0.1, 0.15) is 17.3 Å². The van der Waals surface area contributed by atoms with Crippen molar-refractivity contribution in [2.75, 3.05) is 24.9 Å². The van der Waals surface area contributed by atoms with Crippen LogP contribution in [-0.4, -0.2) is 30.2 Å². The number of nitrogens with one attached hydrogen (secondary N) is 2. The van der Waals surface area contributed by atoms with Gasteiger partial charge >= 0.3 is 0 Å². The first-order valence-corrected chi connectivity index (χ1v) is 9.79. The fourth-order valence-corrected chi connectivity index (χ4v) is 3.72. The van der Waals surface area contributed by atoms with Crippen LogP contribution in [0.25, 0.3) is 10.9 Å². The highest BCUT2D eigenvalue weighted by molar-refractivity contribution is 5.90. The number of ether oxygens (including phenoxy) is 2. The molecule has 0 atom stereocenters. The van der Waals surface area contributed by atoms with Gasteiger partial charge in [-0.3, -0.25) is 0 Å². The van der Waals surface area contributed by atoms with Crippen molar-refractivity contribution in [3.8, 4) is 11.5 Å². The maximum atomic E-state index is 5.47. The molecule has 2 aromatic carbocycles. The fraction of sp³-hybridized carbons (Fsp3) is 0.364. The summed E-state index contributed by atoms with van der Waals surface area (Å²) in [5.41, 5.74) is 1.67. The number of rotatable bonds is 6. The second kappa shape index (κ2) is 8.33. The van der Waals surface area contributed by atoms with Gasteiger partial charge in [-0.1, -0.05) is 31.4 Å². The van der Waals surface area contributed by atoms with Crippen molar-refractivity contribution in [2.24, 2.45) is 0 Å². The Balaban J connectivity index is 1.69. The zero-order valence-corrected chi connectivity index (χ0v) is 16.4. The molecule has 0 amide bonds. The van der Waals surface area contributed by atoms with Crippen LogP contribution in [0.5, 0.6) is 11.5 Å². The zero-order chi connectivity index (χ0) is 19.3. The first-order chi connectivity index (χ1) is 13.8. The summed E-state index contributed by atoms with van der Waals surface area (Å²) < 4.78 is 10.8. The van der Waals surface area contributed by atoms with Crippen LogP contribution in [-0.2, 0) is 0 Å². The number of fused-ring (bicyclic) bond motifs is 1. The van der Waals surface area contributed by atoms with Crippen molar-refractivity contribution in [2.45, 2.75) is 38.1 Å². The number of hydrogen-bond donors (Lipinski definition) is 2. The average molecular weight is 378 g/mol. The molecule has 1 saturated carbocycles. The standard InChI is InChI=1S/C22H26N4O2/c1-27-16-12-13-20(28-2)19(14-16)25-22-24-18-11-7-6-10-17(18)21(26-22)23-15-8-4-3-5-9-15/h6-7,10-15H,3-5,8-9H2,1-2H3,(H2,23,24,25,26). The molecule has 0 spiro atoms. The van der Waals surface area contributed by atoms with Gasteiger partial charge in [0.25, 0.3) is 0 Å². The highest BCUT2D eigenvalue weighted by atomic mass is 16.5. The van der Waals surface area contributed by atoms with Crippen LogP contribution in [0.2, 0.25) is 0 Å². The van der Waals surface area contributed by atoms with Crippen LogP contribution in [0.3, 0.4) is 0 Å². The Kier molecular flexibility index (Phi) is 5.46. The SMILES string of the molecule is COc1ccc(OC)c(Nc2nc(NC3CCCCC3)c3ccccc3n2)c1. The molecule has 0 radical (unpaired) electrons. The Morgan fingerprint density at radius 1 is 0.929 bits per heavy atom. The van der Waals surface area contributed by atoms with Crippen molar-refractivity contribution in [1.82, 2.24) is 9.97 Å². The molecule has 2 N–H and O–H groups in total. The Hall–Kier alpha value is -3.02. The van der Waals surface area contributed by atoms with Crippen molar-refractivity contribution in [3.05, 3.63) is 42.5 Å². The molecule has 6 heteroatoms. The lowest BCUT2D eigenvalue weighted by Gasteiger charge is -2.24. The van der Waals surface area contributed by atoms with E-state index in [0.29, 0.717) is 17.7 Å². The third kappa shape index (κ3) is 3.96. The molecule has 0 saturated heterocycles. The fourth-order valence-electron chi connectivity index (χ4n) is 3.72. The highest BCUT2D eigenvalue weighted by Crippen LogP contribution is 2.32. The molecule has 0 bridgehead atoms. The molecule has 28 heavy (non-hydrogen) atoms. The van der Waals surface area contributed by atoms with E-state index in [4.69, 9.17) is 19.4 Å². The Bertz CT molecular complexity index is 954. The van der Waals surface area contributed by atoms with E-state index in [1.165, 1.54) is 32.1 Å². The molecule has 1 fully saturated rings. The summed E-state index contributed by atoms with van der Waals surface area (Å²) in [6, 6.07) is 14.2. The van der Waals surface area contributed by atoms with E-state index in [9.17, 15) is 0 Å². The summed E-state index contributed by atoms with van der Waals surface area (Å²) >= 11 is 0. The van der Waals surface area contributed by atoms with E-state index in [2.05, 4.69) is 16.7 Å². The molecule has 1 aliphatic rings. The van der Waals surface area contributed by atoms with Gasteiger partial charge in [-0.15, -0.1) is 0 Å². The molecule has 1 aromatic heterocycles. The smallest absolute Gasteiger partial charge is 0.229 e. The number of hydrogen-bond acceptors (Lipinski definition) is 6. The third-order valence-corrected chi connectivity index (χ3v) is 5.20. The second-order valence-corrected chi connectivity index (χ2v) is 7.08. The van der Waals surface area contributed by atoms with Gasteiger partial charge in [0.05, 0.1) is 25.4 Å². The minimum absolute atomic E-state index is 0.464. The maximum absolute atomic E-state index is 5.47. The number of benzene rings is 2. The monoisotopic (exact) mass is 378 g/mol. The van der Waals surface area contributed by atoms with Crippen LogP contribution in [0.1, 0.15) is 32.1 Å². The summed E-state index contributed by atoms with van der Waals surface area (Å²) in [6.45, 7) is 0. The first-order valence-electron chi connectivity index (χ1n) is 9.79. The normalized spacial score (nSPS) is 14.6. The summed E-state index contributed by atoms with van der Waals surface area (Å²) in [7, 11) is 3.29. The topological polar surface area (TPSA) is 68.3 Å². The van der Waals surface area contributed by atoms with Gasteiger partial charge in [-0.2, -0.15) is 4.98 Å². The first kappa shape index (κ1) is 18.3. The minimum Gasteiger partial charge on any atom is -0.497 e. The molecule has 3 aromatic rings. The number of aromatic nitrogens is 2. The van der Waals surface area contributed by atoms with E-state index in [0.717, 1.165) is 28.2 Å². The van der Waals surface area contributed by atoms with Gasteiger partial charge in [-0.25, -0.2) is 4.98 Å². The molecule has 1 heterocycles. The zero-order valence-electron chi connectivity index (χ0n) is 16.4. The van der Waals surface area contributed by atoms with Gasteiger partial charge in [0.15, 0.2) is 0 Å². The summed E-state index contributed by atoms with van der Waals surface area (Å²) in [4.78, 5) is 9.49. The van der Waals surface area contributed by atoms with Crippen molar-refractivity contribution >= 4 is 28.4 Å². The Labute approximate surface area is 165 Å². The van der Waals surface area contributed by atoms with Crippen LogP contribution in [0.4, 0.5) is 17.5 Å². The van der Waals surface area contributed by atoms with Crippen molar-refractivity contribution in [3.63, 3.8) is 0 Å². The highest BCUT2D eigenvalue weighted by Gasteiger charge is 2.16. The van der Waals surface area contributed by atoms with Gasteiger partial charge in [0.2, 0.25) is 5.95 Å². The summed E-state index contributed by atoms with van der Waals surface area (Å²) in [6.07, 6.45) is 6.24. The number of anilines is 3. The lowest BCUT2D eigenvalue weighted by atomic mass is 9.95. The molecule has 6 nitrogen and oxygen atoms in total. The van der Waals surface area contributed by atoms with E-state index in [1.54, 1.807) is 14.2 Å². The van der Waals surface area contributed by atoms with Crippen LogP contribution in [0, 0.1) is 0 Å². The molecular weight excluding hydrogens is 352 g/mol. The summed E-state index contributed by atoms with van der Waals surface area (Å²) in [5, 5.41) is 7.99. The predicted octanol–water partition coefficient (Wildman–Crippen LogP) is 5.14. The van der Waals surface area contributed by atoms with Gasteiger partial charge in [0, 0.05) is 17.5 Å². The average Bonchev–Trinajstić information content (AvgIpc) is 2.74. The van der Waals surface area contributed by atoms with Crippen molar-refractivity contribution in [1.29, 1.82) is 0 Å². The predicted molar refractivity (Wildman–Crippen MR) is 113 cm³/mol. The maximum Gasteiger partial charge on any atom is 0.229 e. The molecule has 4 rings (SSSR count). The molecule has 1 aliphatic carbocycles. The van der Waals surface area contributed by atoms with Crippen LogP contribution in [0.15, 0.2) is 42.5 Å². The summed E-state index contributed by atoms with van der Waals surface area (Å²) in [5.74, 6) is 2.86. The Morgan fingerprint density at radius 2 is 1.75 bits per heavy atom. The van der Waals surface area contributed by atoms with E-state index in [-0.39, 0.29) is 0 Å². The van der Waals surface area contributed by atoms with Crippen LogP contribution < -0.4 is 20.1 Å². The molecule has 0 aliphatic heterocycles.